The summed E-state index contributed by atoms with van der Waals surface area (Å²) >= 11 is 0. The minimum atomic E-state index is -0.967. The van der Waals surface area contributed by atoms with Crippen LogP contribution in [0.15, 0.2) is 42.6 Å². The van der Waals surface area contributed by atoms with E-state index in [1.165, 1.54) is 12.1 Å². The Bertz CT molecular complexity index is 942. The number of aromatic nitrogens is 2. The lowest BCUT2D eigenvalue weighted by Gasteiger charge is -2.07. The number of benzene rings is 1. The molecule has 128 valence electrons. The third-order valence-corrected chi connectivity index (χ3v) is 4.21. The lowest BCUT2D eigenvalue weighted by Crippen LogP contribution is -2.23. The third kappa shape index (κ3) is 3.38. The van der Waals surface area contributed by atoms with Crippen LogP contribution >= 0.6 is 0 Å². The highest BCUT2D eigenvalue weighted by atomic mass is 16.4. The quantitative estimate of drug-likeness (QED) is 0.750. The zero-order chi connectivity index (χ0) is 18.0. The number of pyridine rings is 1. The molecule has 25 heavy (non-hydrogen) atoms. The highest BCUT2D eigenvalue weighted by Gasteiger charge is 2.11. The maximum absolute atomic E-state index is 12.4. The first-order valence-electron chi connectivity index (χ1n) is 8.07. The number of imidazole rings is 1. The van der Waals surface area contributed by atoms with Crippen LogP contribution in [0.1, 0.15) is 44.6 Å². The van der Waals surface area contributed by atoms with E-state index < -0.39 is 5.97 Å². The van der Waals surface area contributed by atoms with Gasteiger partial charge in [0.2, 0.25) is 0 Å². The summed E-state index contributed by atoms with van der Waals surface area (Å²) in [5.41, 5.74) is 4.51. The smallest absolute Gasteiger partial charge is 0.335 e. The highest BCUT2D eigenvalue weighted by molar-refractivity contribution is 5.94. The van der Waals surface area contributed by atoms with Gasteiger partial charge in [0.25, 0.3) is 5.91 Å². The number of amides is 1. The zero-order valence-electron chi connectivity index (χ0n) is 14.1. The maximum atomic E-state index is 12.4. The summed E-state index contributed by atoms with van der Waals surface area (Å²) in [4.78, 5) is 27.8. The summed E-state index contributed by atoms with van der Waals surface area (Å²) in [6.07, 6.45) is 2.64. The van der Waals surface area contributed by atoms with Crippen LogP contribution in [0, 0.1) is 6.92 Å². The predicted molar refractivity (Wildman–Crippen MR) is 93.9 cm³/mol. The third-order valence-electron chi connectivity index (χ3n) is 4.21. The minimum Gasteiger partial charge on any atom is -0.478 e. The molecule has 2 heterocycles. The molecule has 3 rings (SSSR count). The second kappa shape index (κ2) is 6.76. The normalized spacial score (nSPS) is 10.8. The Labute approximate surface area is 145 Å². The zero-order valence-corrected chi connectivity index (χ0v) is 14.1. The molecule has 2 N–H and O–H groups in total. The molecular weight excluding hydrogens is 318 g/mol. The molecule has 2 aromatic heterocycles. The van der Waals surface area contributed by atoms with E-state index in [2.05, 4.69) is 17.2 Å². The van der Waals surface area contributed by atoms with E-state index in [1.807, 2.05) is 17.4 Å². The number of carboxylic acid groups (broad SMARTS) is 1. The molecule has 0 atom stereocenters. The SMILES string of the molecule is CCc1nc2ccc(C(=O)NCc3ccc(C(=O)O)cc3)cn2c1C. The number of hydrogen-bond acceptors (Lipinski definition) is 3. The van der Waals surface area contributed by atoms with Crippen LogP contribution in [-0.4, -0.2) is 26.4 Å². The lowest BCUT2D eigenvalue weighted by molar-refractivity contribution is 0.0696. The first-order valence-corrected chi connectivity index (χ1v) is 8.07. The Morgan fingerprint density at radius 1 is 1.12 bits per heavy atom. The van der Waals surface area contributed by atoms with Crippen molar-refractivity contribution in [1.29, 1.82) is 0 Å². The summed E-state index contributed by atoms with van der Waals surface area (Å²) in [7, 11) is 0. The summed E-state index contributed by atoms with van der Waals surface area (Å²) in [6.45, 7) is 4.38. The Hall–Kier alpha value is -3.15. The van der Waals surface area contributed by atoms with Gasteiger partial charge in [-0.15, -0.1) is 0 Å². The molecule has 0 aliphatic carbocycles. The van der Waals surface area contributed by atoms with Crippen LogP contribution in [-0.2, 0) is 13.0 Å². The van der Waals surface area contributed by atoms with E-state index in [0.717, 1.165) is 29.0 Å². The highest BCUT2D eigenvalue weighted by Crippen LogP contribution is 2.14. The number of carbonyl (C=O) groups is 2. The number of carboxylic acids is 1. The molecule has 0 saturated heterocycles. The van der Waals surface area contributed by atoms with Crippen molar-refractivity contribution < 1.29 is 14.7 Å². The van der Waals surface area contributed by atoms with Crippen molar-refractivity contribution in [3.05, 3.63) is 70.7 Å². The van der Waals surface area contributed by atoms with Crippen molar-refractivity contribution in [2.45, 2.75) is 26.8 Å². The van der Waals surface area contributed by atoms with Gasteiger partial charge in [-0.2, -0.15) is 0 Å². The molecule has 0 aliphatic heterocycles. The number of aryl methyl sites for hydroxylation is 2. The fourth-order valence-electron chi connectivity index (χ4n) is 2.73. The number of aromatic carboxylic acids is 1. The van der Waals surface area contributed by atoms with Gasteiger partial charge in [-0.05, 0) is 43.2 Å². The van der Waals surface area contributed by atoms with Gasteiger partial charge in [-0.1, -0.05) is 19.1 Å². The standard InChI is InChI=1S/C19H19N3O3/c1-3-16-12(2)22-11-15(8-9-17(22)21-16)18(23)20-10-13-4-6-14(7-5-13)19(24)25/h4-9,11H,3,10H2,1-2H3,(H,20,23)(H,24,25). The topological polar surface area (TPSA) is 83.7 Å². The van der Waals surface area contributed by atoms with Gasteiger partial charge >= 0.3 is 5.97 Å². The monoisotopic (exact) mass is 337 g/mol. The molecule has 1 amide bonds. The van der Waals surface area contributed by atoms with Crippen molar-refractivity contribution in [2.24, 2.45) is 0 Å². The van der Waals surface area contributed by atoms with Crippen LogP contribution < -0.4 is 5.32 Å². The molecule has 0 unspecified atom stereocenters. The molecule has 6 heteroatoms. The van der Waals surface area contributed by atoms with Gasteiger partial charge in [-0.3, -0.25) is 4.79 Å². The fraction of sp³-hybridized carbons (Fsp3) is 0.211. The van der Waals surface area contributed by atoms with Crippen LogP contribution in [0.5, 0.6) is 0 Å². The summed E-state index contributed by atoms with van der Waals surface area (Å²) in [5.74, 6) is -1.15. The van der Waals surface area contributed by atoms with E-state index in [0.29, 0.717) is 12.1 Å². The van der Waals surface area contributed by atoms with Crippen LogP contribution in [0.3, 0.4) is 0 Å². The van der Waals surface area contributed by atoms with E-state index in [1.54, 1.807) is 24.4 Å². The van der Waals surface area contributed by atoms with Gasteiger partial charge in [0.1, 0.15) is 5.65 Å². The van der Waals surface area contributed by atoms with Crippen LogP contribution in [0.4, 0.5) is 0 Å². The number of fused-ring (bicyclic) bond motifs is 1. The second-order valence-electron chi connectivity index (χ2n) is 5.83. The minimum absolute atomic E-state index is 0.185. The van der Waals surface area contributed by atoms with Gasteiger partial charge in [0, 0.05) is 18.4 Å². The Morgan fingerprint density at radius 3 is 2.44 bits per heavy atom. The fourth-order valence-corrected chi connectivity index (χ4v) is 2.73. The van der Waals surface area contributed by atoms with Gasteiger partial charge in [0.05, 0.1) is 16.8 Å². The molecule has 1 aromatic carbocycles. The molecule has 0 fully saturated rings. The average Bonchev–Trinajstić information content (AvgIpc) is 2.95. The molecule has 0 saturated carbocycles. The number of nitrogens with zero attached hydrogens (tertiary/aromatic N) is 2. The lowest BCUT2D eigenvalue weighted by atomic mass is 10.1. The van der Waals surface area contributed by atoms with E-state index in [-0.39, 0.29) is 11.5 Å². The van der Waals surface area contributed by atoms with Crippen molar-refractivity contribution in [3.8, 4) is 0 Å². The summed E-state index contributed by atoms with van der Waals surface area (Å²) < 4.78 is 1.93. The van der Waals surface area contributed by atoms with Crippen molar-refractivity contribution in [2.75, 3.05) is 0 Å². The Balaban J connectivity index is 1.73. The summed E-state index contributed by atoms with van der Waals surface area (Å²) in [6, 6.07) is 10.0. The molecule has 0 radical (unpaired) electrons. The van der Waals surface area contributed by atoms with Crippen molar-refractivity contribution in [1.82, 2.24) is 14.7 Å². The van der Waals surface area contributed by atoms with Gasteiger partial charge < -0.3 is 14.8 Å². The van der Waals surface area contributed by atoms with E-state index >= 15 is 0 Å². The van der Waals surface area contributed by atoms with Gasteiger partial charge in [0.15, 0.2) is 0 Å². The molecule has 6 nitrogen and oxygen atoms in total. The van der Waals surface area contributed by atoms with Gasteiger partial charge in [-0.25, -0.2) is 9.78 Å². The number of nitrogens with one attached hydrogen (secondary N) is 1. The maximum Gasteiger partial charge on any atom is 0.335 e. The second-order valence-corrected chi connectivity index (χ2v) is 5.83. The Kier molecular flexibility index (Phi) is 4.52. The largest absolute Gasteiger partial charge is 0.478 e. The number of carbonyl (C=O) groups excluding carboxylic acids is 1. The molecule has 0 bridgehead atoms. The molecule has 3 aromatic rings. The first-order chi connectivity index (χ1) is 12.0. The number of hydrogen-bond donors (Lipinski definition) is 2. The predicted octanol–water partition coefficient (Wildman–Crippen LogP) is 2.83. The number of rotatable bonds is 5. The Morgan fingerprint density at radius 2 is 1.80 bits per heavy atom. The van der Waals surface area contributed by atoms with E-state index in [9.17, 15) is 9.59 Å². The average molecular weight is 337 g/mol. The molecular formula is C19H19N3O3. The van der Waals surface area contributed by atoms with Crippen molar-refractivity contribution >= 4 is 17.5 Å². The van der Waals surface area contributed by atoms with E-state index in [4.69, 9.17) is 5.11 Å². The summed E-state index contributed by atoms with van der Waals surface area (Å²) in [5, 5.41) is 11.7. The van der Waals surface area contributed by atoms with Crippen LogP contribution in [0.2, 0.25) is 0 Å². The molecule has 0 spiro atoms. The molecule has 0 aliphatic rings. The van der Waals surface area contributed by atoms with Crippen molar-refractivity contribution in [3.63, 3.8) is 0 Å². The van der Waals surface area contributed by atoms with Crippen LogP contribution in [0.25, 0.3) is 5.65 Å². The first kappa shape index (κ1) is 16.7.